The summed E-state index contributed by atoms with van der Waals surface area (Å²) in [6.45, 7) is 0. The summed E-state index contributed by atoms with van der Waals surface area (Å²) in [7, 11) is 0. The number of hydrogen-bond donors (Lipinski definition) is 4. The van der Waals surface area contributed by atoms with E-state index in [4.69, 9.17) is 16.6 Å². The Morgan fingerprint density at radius 3 is 2.38 bits per heavy atom. The molecule has 0 bridgehead atoms. The lowest BCUT2D eigenvalue weighted by molar-refractivity contribution is 0.475. The third-order valence-corrected chi connectivity index (χ3v) is 1.91. The monoisotopic (exact) mass is 218 g/mol. The Balaban J connectivity index is 2.24. The zero-order valence-electron chi connectivity index (χ0n) is 8.25. The van der Waals surface area contributed by atoms with Crippen LogP contribution in [0.1, 0.15) is 0 Å². The predicted molar refractivity (Wildman–Crippen MR) is 59.7 cm³/mol. The van der Waals surface area contributed by atoms with Gasteiger partial charge in [-0.15, -0.1) is 5.11 Å². The van der Waals surface area contributed by atoms with Crippen molar-refractivity contribution in [1.82, 2.24) is 10.2 Å². The number of hydrogen-bond acceptors (Lipinski definition) is 6. The fourth-order valence-electron chi connectivity index (χ4n) is 1.10. The predicted octanol–water partition coefficient (Wildman–Crippen LogP) is 1.70. The average Bonchev–Trinajstić information content (AvgIpc) is 2.59. The Bertz CT molecular complexity index is 496. The van der Waals surface area contributed by atoms with Crippen molar-refractivity contribution in [3.05, 3.63) is 24.3 Å². The number of H-pyrrole nitrogens is 1. The van der Waals surface area contributed by atoms with Crippen LogP contribution in [0.25, 0.3) is 0 Å². The maximum absolute atomic E-state index is 9.07. The van der Waals surface area contributed by atoms with Crippen LogP contribution in [0, 0.1) is 0 Å². The first-order valence-electron chi connectivity index (χ1n) is 4.47. The summed E-state index contributed by atoms with van der Waals surface area (Å²) >= 11 is 0. The molecule has 82 valence electrons. The third-order valence-electron chi connectivity index (χ3n) is 1.91. The Hall–Kier alpha value is -2.57. The van der Waals surface area contributed by atoms with Crippen molar-refractivity contribution in [3.63, 3.8) is 0 Å². The number of nitrogens with zero attached hydrogens (tertiary/aromatic N) is 3. The van der Waals surface area contributed by atoms with Gasteiger partial charge in [0.2, 0.25) is 0 Å². The molecule has 0 amide bonds. The molecule has 7 heteroatoms. The van der Waals surface area contributed by atoms with Gasteiger partial charge in [-0.3, -0.25) is 5.10 Å². The van der Waals surface area contributed by atoms with Crippen molar-refractivity contribution in [2.24, 2.45) is 10.2 Å². The lowest BCUT2D eigenvalue weighted by Crippen LogP contribution is -1.84. The Labute approximate surface area is 90.8 Å². The summed E-state index contributed by atoms with van der Waals surface area (Å²) in [6, 6.07) is 6.25. The first-order valence-corrected chi connectivity index (χ1v) is 4.47. The number of phenolic OH excluding ortho intramolecular Hbond substituents is 1. The highest BCUT2D eigenvalue weighted by atomic mass is 16.3. The minimum atomic E-state index is 0.168. The number of nitrogens with two attached hydrogens (primary N) is 2. The van der Waals surface area contributed by atoms with Gasteiger partial charge in [0.25, 0.3) is 0 Å². The summed E-state index contributed by atoms with van der Waals surface area (Å²) in [4.78, 5) is 0. The summed E-state index contributed by atoms with van der Waals surface area (Å²) < 4.78 is 0. The molecule has 0 saturated heterocycles. The smallest absolute Gasteiger partial charge is 0.175 e. The summed E-state index contributed by atoms with van der Waals surface area (Å²) in [5.74, 6) is 0.626. The zero-order chi connectivity index (χ0) is 11.5. The fraction of sp³-hybridized carbons (Fsp3) is 0. The van der Waals surface area contributed by atoms with E-state index >= 15 is 0 Å². The number of azo groups is 1. The van der Waals surface area contributed by atoms with E-state index in [1.54, 1.807) is 12.1 Å². The molecule has 1 aromatic carbocycles. The molecule has 2 aromatic rings. The minimum Gasteiger partial charge on any atom is -0.508 e. The number of phenols is 1. The van der Waals surface area contributed by atoms with E-state index in [-0.39, 0.29) is 17.4 Å². The lowest BCUT2D eigenvalue weighted by Gasteiger charge is -1.93. The first-order chi connectivity index (χ1) is 7.66. The number of anilines is 2. The number of nitrogen functional groups attached to an aromatic ring is 2. The van der Waals surface area contributed by atoms with Crippen molar-refractivity contribution < 1.29 is 5.11 Å². The number of benzene rings is 1. The van der Waals surface area contributed by atoms with E-state index in [1.807, 2.05) is 0 Å². The van der Waals surface area contributed by atoms with Crippen LogP contribution in [0.4, 0.5) is 23.0 Å². The maximum atomic E-state index is 9.07. The molecule has 0 atom stereocenters. The second-order valence-corrected chi connectivity index (χ2v) is 3.09. The quantitative estimate of drug-likeness (QED) is 0.572. The Kier molecular flexibility index (Phi) is 2.42. The zero-order valence-corrected chi connectivity index (χ0v) is 8.25. The fourth-order valence-corrected chi connectivity index (χ4v) is 1.10. The summed E-state index contributed by atoms with van der Waals surface area (Å²) in [6.07, 6.45) is 0. The van der Waals surface area contributed by atoms with Gasteiger partial charge >= 0.3 is 0 Å². The average molecular weight is 218 g/mol. The van der Waals surface area contributed by atoms with E-state index in [0.717, 1.165) is 0 Å². The van der Waals surface area contributed by atoms with Crippen LogP contribution in [-0.2, 0) is 0 Å². The highest BCUT2D eigenvalue weighted by molar-refractivity contribution is 5.70. The van der Waals surface area contributed by atoms with E-state index < -0.39 is 0 Å². The van der Waals surface area contributed by atoms with E-state index in [2.05, 4.69) is 20.4 Å². The van der Waals surface area contributed by atoms with Crippen LogP contribution < -0.4 is 11.5 Å². The summed E-state index contributed by atoms with van der Waals surface area (Å²) in [5, 5.41) is 23.0. The number of aromatic nitrogens is 2. The molecule has 0 aliphatic carbocycles. The van der Waals surface area contributed by atoms with Crippen LogP contribution in [0.15, 0.2) is 34.5 Å². The molecule has 0 radical (unpaired) electrons. The van der Waals surface area contributed by atoms with Gasteiger partial charge in [-0.2, -0.15) is 10.2 Å². The lowest BCUT2D eigenvalue weighted by atomic mass is 10.3. The summed E-state index contributed by atoms with van der Waals surface area (Å²) in [5.41, 5.74) is 11.9. The SMILES string of the molecule is Nc1n[nH]c(N)c1/N=N/c1ccc(O)cc1. The molecular formula is C9H10N6O. The van der Waals surface area contributed by atoms with E-state index in [1.165, 1.54) is 12.1 Å². The third kappa shape index (κ3) is 1.92. The molecule has 0 aliphatic heterocycles. The topological polar surface area (TPSA) is 126 Å². The molecule has 0 saturated carbocycles. The van der Waals surface area contributed by atoms with Gasteiger partial charge in [0, 0.05) is 0 Å². The van der Waals surface area contributed by atoms with Gasteiger partial charge in [0.1, 0.15) is 11.6 Å². The standard InChI is InChI=1S/C9H10N6O/c10-8-7(9(11)15-14-8)13-12-5-1-3-6(16)4-2-5/h1-4,16H,(H5,10,11,14,15)/b13-12+. The number of aromatic amines is 1. The largest absolute Gasteiger partial charge is 0.508 e. The number of aromatic hydroxyl groups is 1. The van der Waals surface area contributed by atoms with Gasteiger partial charge < -0.3 is 16.6 Å². The second kappa shape index (κ2) is 3.89. The van der Waals surface area contributed by atoms with Gasteiger partial charge in [-0.1, -0.05) is 0 Å². The van der Waals surface area contributed by atoms with Crippen molar-refractivity contribution in [2.75, 3.05) is 11.5 Å². The number of nitrogens with one attached hydrogen (secondary N) is 1. The first kappa shape index (κ1) is 9.97. The maximum Gasteiger partial charge on any atom is 0.175 e. The van der Waals surface area contributed by atoms with Gasteiger partial charge in [-0.05, 0) is 24.3 Å². The molecule has 16 heavy (non-hydrogen) atoms. The second-order valence-electron chi connectivity index (χ2n) is 3.09. The molecule has 2 rings (SSSR count). The van der Waals surface area contributed by atoms with Gasteiger partial charge in [-0.25, -0.2) is 0 Å². The van der Waals surface area contributed by atoms with Crippen molar-refractivity contribution in [3.8, 4) is 5.75 Å². The molecule has 6 N–H and O–H groups in total. The number of rotatable bonds is 2. The van der Waals surface area contributed by atoms with Crippen molar-refractivity contribution in [2.45, 2.75) is 0 Å². The minimum absolute atomic E-state index is 0.168. The highest BCUT2D eigenvalue weighted by Gasteiger charge is 2.05. The molecular weight excluding hydrogens is 208 g/mol. The Morgan fingerprint density at radius 2 is 1.81 bits per heavy atom. The molecule has 1 aromatic heterocycles. The van der Waals surface area contributed by atoms with Crippen LogP contribution in [0.2, 0.25) is 0 Å². The highest BCUT2D eigenvalue weighted by Crippen LogP contribution is 2.28. The van der Waals surface area contributed by atoms with Crippen LogP contribution >= 0.6 is 0 Å². The van der Waals surface area contributed by atoms with Crippen LogP contribution in [0.3, 0.4) is 0 Å². The van der Waals surface area contributed by atoms with Crippen molar-refractivity contribution in [1.29, 1.82) is 0 Å². The van der Waals surface area contributed by atoms with E-state index in [0.29, 0.717) is 11.4 Å². The molecule has 0 unspecified atom stereocenters. The molecule has 1 heterocycles. The normalized spacial score (nSPS) is 11.0. The Morgan fingerprint density at radius 1 is 1.12 bits per heavy atom. The van der Waals surface area contributed by atoms with Crippen LogP contribution in [0.5, 0.6) is 5.75 Å². The van der Waals surface area contributed by atoms with Gasteiger partial charge in [0.15, 0.2) is 11.5 Å². The van der Waals surface area contributed by atoms with Crippen molar-refractivity contribution >= 4 is 23.0 Å². The van der Waals surface area contributed by atoms with Crippen LogP contribution in [-0.4, -0.2) is 15.3 Å². The van der Waals surface area contributed by atoms with E-state index in [9.17, 15) is 0 Å². The molecule has 0 aliphatic rings. The van der Waals surface area contributed by atoms with Gasteiger partial charge in [0.05, 0.1) is 5.69 Å². The molecule has 0 fully saturated rings. The molecule has 0 spiro atoms. The molecule has 7 nitrogen and oxygen atoms in total.